The van der Waals surface area contributed by atoms with Gasteiger partial charge >= 0.3 is 23.9 Å². The Morgan fingerprint density at radius 1 is 0.682 bits per heavy atom. The highest BCUT2D eigenvalue weighted by molar-refractivity contribution is 6.09. The lowest BCUT2D eigenvalue weighted by atomic mass is 9.85. The summed E-state index contributed by atoms with van der Waals surface area (Å²) in [5, 5.41) is 23.2. The van der Waals surface area contributed by atoms with E-state index in [0.29, 0.717) is 11.1 Å². The molecule has 15 heteroatoms. The van der Waals surface area contributed by atoms with Crippen molar-refractivity contribution in [2.24, 2.45) is 0 Å². The van der Waals surface area contributed by atoms with Crippen LogP contribution in [0.25, 0.3) is 0 Å². The third kappa shape index (κ3) is 5.90. The molecule has 0 aromatic heterocycles. The van der Waals surface area contributed by atoms with Crippen molar-refractivity contribution in [2.75, 3.05) is 10.6 Å². The number of anilines is 2. The number of halogens is 9. The van der Waals surface area contributed by atoms with Gasteiger partial charge in [-0.1, -0.05) is 12.1 Å². The minimum absolute atomic E-state index is 0.0741. The van der Waals surface area contributed by atoms with Crippen LogP contribution >= 0.6 is 0 Å². The van der Waals surface area contributed by atoms with Crippen LogP contribution in [0, 0.1) is 43.4 Å². The fourth-order valence-electron chi connectivity index (χ4n) is 4.33. The lowest BCUT2D eigenvalue weighted by molar-refractivity contribution is -0.389. The van der Waals surface area contributed by atoms with Gasteiger partial charge in [0.15, 0.2) is 0 Å². The van der Waals surface area contributed by atoms with E-state index in [1.807, 2.05) is 12.1 Å². The van der Waals surface area contributed by atoms with Gasteiger partial charge in [0.1, 0.15) is 6.07 Å². The molecule has 0 saturated heterocycles. The topological polar surface area (TPSA) is 106 Å². The van der Waals surface area contributed by atoms with E-state index in [2.05, 4.69) is 10.6 Å². The van der Waals surface area contributed by atoms with Gasteiger partial charge in [-0.25, -0.2) is 4.39 Å². The molecule has 0 bridgehead atoms. The maximum Gasteiger partial charge on any atom is 0.457 e. The van der Waals surface area contributed by atoms with Crippen LogP contribution in [-0.2, 0) is 5.67 Å². The van der Waals surface area contributed by atoms with E-state index in [9.17, 15) is 54.4 Å². The van der Waals surface area contributed by atoms with Crippen LogP contribution in [0.4, 0.5) is 50.9 Å². The summed E-state index contributed by atoms with van der Waals surface area (Å²) in [6.07, 6.45) is -13.6. The predicted molar refractivity (Wildman–Crippen MR) is 139 cm³/mol. The van der Waals surface area contributed by atoms with Gasteiger partial charge in [0.2, 0.25) is 0 Å². The standard InChI is InChI=1S/C29H19F9N4O2/c1-14-8-17(12-39)4-7-21(14)25(44)41-22-11-18(5-6-19(22)13-40)24(43)42-23-15(2)9-20(10-16(23)3)26(30,28(33,34)35)27(31,32)29(36,37)38/h4-11H,1-3H3,(H,41,44)(H,42,43). The molecule has 44 heavy (non-hydrogen) atoms. The Kier molecular flexibility index (Phi) is 8.79. The summed E-state index contributed by atoms with van der Waals surface area (Å²) < 4.78 is 122. The number of nitrogens with zero attached hydrogens (tertiary/aromatic N) is 2. The zero-order valence-electron chi connectivity index (χ0n) is 22.7. The first-order chi connectivity index (χ1) is 20.2. The van der Waals surface area contributed by atoms with E-state index >= 15 is 0 Å². The fourth-order valence-corrected chi connectivity index (χ4v) is 4.33. The second-order valence-electron chi connectivity index (χ2n) is 9.64. The Labute approximate surface area is 243 Å². The van der Waals surface area contributed by atoms with Crippen LogP contribution in [-0.4, -0.2) is 30.1 Å². The van der Waals surface area contributed by atoms with Crippen molar-refractivity contribution in [1.29, 1.82) is 10.5 Å². The highest BCUT2D eigenvalue weighted by Gasteiger charge is 2.81. The van der Waals surface area contributed by atoms with Gasteiger partial charge in [0.25, 0.3) is 11.8 Å². The quantitative estimate of drug-likeness (QED) is 0.273. The van der Waals surface area contributed by atoms with Crippen LogP contribution in [0.3, 0.4) is 0 Å². The average molecular weight is 626 g/mol. The second kappa shape index (κ2) is 11.6. The number of rotatable bonds is 6. The van der Waals surface area contributed by atoms with Crippen LogP contribution in [0.1, 0.15) is 54.1 Å². The normalized spacial score (nSPS) is 13.3. The number of amides is 2. The smallest absolute Gasteiger partial charge is 0.322 e. The summed E-state index contributed by atoms with van der Waals surface area (Å²) in [5.74, 6) is -8.54. The molecule has 2 N–H and O–H groups in total. The lowest BCUT2D eigenvalue weighted by Crippen LogP contribution is -2.59. The molecule has 0 heterocycles. The molecule has 6 nitrogen and oxygen atoms in total. The van der Waals surface area contributed by atoms with E-state index in [1.165, 1.54) is 24.3 Å². The fraction of sp³-hybridized carbons (Fsp3) is 0.241. The van der Waals surface area contributed by atoms with Crippen molar-refractivity contribution in [2.45, 2.75) is 44.7 Å². The molecule has 0 radical (unpaired) electrons. The average Bonchev–Trinajstić information content (AvgIpc) is 2.92. The molecule has 0 aliphatic carbocycles. The van der Waals surface area contributed by atoms with E-state index in [0.717, 1.165) is 26.0 Å². The summed E-state index contributed by atoms with van der Waals surface area (Å²) in [6, 6.07) is 11.6. The first kappa shape index (κ1) is 33.5. The maximum atomic E-state index is 15.0. The molecule has 0 fully saturated rings. The van der Waals surface area contributed by atoms with E-state index in [-0.39, 0.29) is 40.2 Å². The number of alkyl halides is 9. The Morgan fingerprint density at radius 2 is 1.27 bits per heavy atom. The molecular weight excluding hydrogens is 607 g/mol. The number of hydrogen-bond donors (Lipinski definition) is 2. The molecule has 1 atom stereocenters. The number of carbonyl (C=O) groups excluding carboxylic acids is 2. The summed E-state index contributed by atoms with van der Waals surface area (Å²) in [6.45, 7) is 3.48. The van der Waals surface area contributed by atoms with Crippen LogP contribution in [0.2, 0.25) is 0 Å². The zero-order valence-corrected chi connectivity index (χ0v) is 22.7. The van der Waals surface area contributed by atoms with Crippen molar-refractivity contribution < 1.29 is 49.1 Å². The van der Waals surface area contributed by atoms with Crippen molar-refractivity contribution in [3.8, 4) is 12.1 Å². The molecule has 2 amide bonds. The summed E-state index contributed by atoms with van der Waals surface area (Å²) in [7, 11) is 0. The molecule has 230 valence electrons. The Balaban J connectivity index is 1.98. The molecule has 0 aliphatic rings. The lowest BCUT2D eigenvalue weighted by Gasteiger charge is -2.36. The van der Waals surface area contributed by atoms with Gasteiger partial charge in [-0.2, -0.15) is 45.6 Å². The van der Waals surface area contributed by atoms with Gasteiger partial charge in [-0.15, -0.1) is 0 Å². The SMILES string of the molecule is Cc1cc(C#N)ccc1C(=O)Nc1cc(C(=O)Nc2c(C)cc(C(F)(C(F)(F)F)C(F)(F)C(F)(F)F)cc2C)ccc1C#N. The number of nitriles is 2. The van der Waals surface area contributed by atoms with E-state index < -0.39 is 52.4 Å². The third-order valence-electron chi connectivity index (χ3n) is 6.60. The summed E-state index contributed by atoms with van der Waals surface area (Å²) in [5.41, 5.74) is -8.99. The number of nitrogens with one attached hydrogen (secondary N) is 2. The van der Waals surface area contributed by atoms with Crippen LogP contribution in [0.5, 0.6) is 0 Å². The van der Waals surface area contributed by atoms with Crippen molar-refractivity contribution in [3.05, 3.63) is 93.0 Å². The van der Waals surface area contributed by atoms with Gasteiger partial charge in [-0.3, -0.25) is 9.59 Å². The van der Waals surface area contributed by atoms with Gasteiger partial charge in [0, 0.05) is 22.4 Å². The first-order valence-corrected chi connectivity index (χ1v) is 12.2. The highest BCUT2D eigenvalue weighted by atomic mass is 19.4. The van der Waals surface area contributed by atoms with Crippen LogP contribution in [0.15, 0.2) is 48.5 Å². The number of aryl methyl sites for hydroxylation is 3. The molecule has 3 aromatic rings. The summed E-state index contributed by atoms with van der Waals surface area (Å²) >= 11 is 0. The Bertz CT molecular complexity index is 1710. The van der Waals surface area contributed by atoms with Gasteiger partial charge in [0.05, 0.1) is 22.9 Å². The number of benzene rings is 3. The molecule has 1 unspecified atom stereocenters. The van der Waals surface area contributed by atoms with E-state index in [4.69, 9.17) is 5.26 Å². The number of hydrogen-bond acceptors (Lipinski definition) is 4. The molecular formula is C29H19F9N4O2. The second-order valence-corrected chi connectivity index (χ2v) is 9.64. The Morgan fingerprint density at radius 3 is 1.75 bits per heavy atom. The molecule has 0 aliphatic heterocycles. The van der Waals surface area contributed by atoms with Crippen molar-refractivity contribution in [1.82, 2.24) is 0 Å². The highest BCUT2D eigenvalue weighted by Crippen LogP contribution is 2.58. The van der Waals surface area contributed by atoms with Gasteiger partial charge in [-0.05, 0) is 73.9 Å². The molecule has 0 spiro atoms. The zero-order chi connectivity index (χ0) is 33.4. The molecule has 3 rings (SSSR count). The first-order valence-electron chi connectivity index (χ1n) is 12.2. The maximum absolute atomic E-state index is 15.0. The van der Waals surface area contributed by atoms with Crippen LogP contribution < -0.4 is 10.6 Å². The summed E-state index contributed by atoms with van der Waals surface area (Å²) in [4.78, 5) is 25.9. The third-order valence-corrected chi connectivity index (χ3v) is 6.60. The minimum atomic E-state index is -6.90. The Hall–Kier alpha value is -5.05. The largest absolute Gasteiger partial charge is 0.457 e. The van der Waals surface area contributed by atoms with Crippen molar-refractivity contribution >= 4 is 23.2 Å². The number of carbonyl (C=O) groups is 2. The predicted octanol–water partition coefficient (Wildman–Crippen LogP) is 7.78. The minimum Gasteiger partial charge on any atom is -0.322 e. The molecule has 0 saturated carbocycles. The monoisotopic (exact) mass is 626 g/mol. The van der Waals surface area contributed by atoms with Gasteiger partial charge < -0.3 is 10.6 Å². The van der Waals surface area contributed by atoms with Crippen molar-refractivity contribution in [3.63, 3.8) is 0 Å². The molecule has 3 aromatic carbocycles. The van der Waals surface area contributed by atoms with E-state index in [1.54, 1.807) is 6.92 Å².